The molecule has 0 aromatic rings. The molecule has 0 N–H and O–H groups in total. The second kappa shape index (κ2) is 10.2. The van der Waals surface area contributed by atoms with Crippen LogP contribution in [-0.4, -0.2) is 75.0 Å². The van der Waals surface area contributed by atoms with Crippen LogP contribution in [0.1, 0.15) is 33.1 Å². The molecule has 0 aromatic heterocycles. The van der Waals surface area contributed by atoms with Crippen LogP contribution in [0.3, 0.4) is 0 Å². The van der Waals surface area contributed by atoms with E-state index in [4.69, 9.17) is 0 Å². The second-order valence-electron chi connectivity index (χ2n) is 6.23. The molecule has 4 nitrogen and oxygen atoms in total. The first-order chi connectivity index (χ1) is 8.82. The van der Waals surface area contributed by atoms with Crippen molar-refractivity contribution in [3.63, 3.8) is 0 Å². The molecule has 0 rings (SSSR count). The van der Waals surface area contributed by atoms with Crippen molar-refractivity contribution >= 4 is 5.91 Å². The molecule has 0 saturated carbocycles. The third-order valence-corrected chi connectivity index (χ3v) is 3.19. The molecule has 0 unspecified atom stereocenters. The lowest BCUT2D eigenvalue weighted by Crippen LogP contribution is -2.31. The predicted molar refractivity (Wildman–Crippen MR) is 82.4 cm³/mol. The van der Waals surface area contributed by atoms with Crippen LogP contribution >= 0.6 is 0 Å². The molecule has 0 aliphatic rings. The Morgan fingerprint density at radius 3 is 1.89 bits per heavy atom. The topological polar surface area (TPSA) is 26.8 Å². The monoisotopic (exact) mass is 271 g/mol. The quantitative estimate of drug-likeness (QED) is 0.606. The number of carbonyl (C=O) groups is 1. The Kier molecular flexibility index (Phi) is 9.88. The van der Waals surface area contributed by atoms with Gasteiger partial charge in [-0.05, 0) is 59.5 Å². The molecule has 1 amide bonds. The molecule has 0 spiro atoms. The molecule has 0 aromatic carbocycles. The van der Waals surface area contributed by atoms with Gasteiger partial charge in [-0.25, -0.2) is 0 Å². The van der Waals surface area contributed by atoms with Gasteiger partial charge in [-0.3, -0.25) is 4.79 Å². The van der Waals surface area contributed by atoms with E-state index in [9.17, 15) is 4.79 Å². The lowest BCUT2D eigenvalue weighted by Gasteiger charge is -2.21. The van der Waals surface area contributed by atoms with Gasteiger partial charge in [0.05, 0.1) is 0 Å². The van der Waals surface area contributed by atoms with Crippen molar-refractivity contribution in [3.8, 4) is 0 Å². The highest BCUT2D eigenvalue weighted by Crippen LogP contribution is 2.03. The van der Waals surface area contributed by atoms with Crippen molar-refractivity contribution < 1.29 is 4.79 Å². The lowest BCUT2D eigenvalue weighted by atomic mass is 10.1. The summed E-state index contributed by atoms with van der Waals surface area (Å²) in [5.41, 5.74) is 0. The Hall–Kier alpha value is -0.610. The van der Waals surface area contributed by atoms with E-state index in [1.54, 1.807) is 0 Å². The Labute approximate surface area is 119 Å². The van der Waals surface area contributed by atoms with Gasteiger partial charge in [-0.15, -0.1) is 0 Å². The average molecular weight is 271 g/mol. The molecule has 0 bridgehead atoms. The van der Waals surface area contributed by atoms with Gasteiger partial charge in [0.15, 0.2) is 0 Å². The Balaban J connectivity index is 3.63. The molecule has 19 heavy (non-hydrogen) atoms. The summed E-state index contributed by atoms with van der Waals surface area (Å²) in [6, 6.07) is 0. The number of hydrogen-bond acceptors (Lipinski definition) is 3. The minimum absolute atomic E-state index is 0.269. The maximum Gasteiger partial charge on any atom is 0.222 e. The van der Waals surface area contributed by atoms with Crippen molar-refractivity contribution in [2.24, 2.45) is 5.92 Å². The summed E-state index contributed by atoms with van der Waals surface area (Å²) in [7, 11) is 8.28. The largest absolute Gasteiger partial charge is 0.346 e. The van der Waals surface area contributed by atoms with E-state index in [0.717, 1.165) is 32.6 Å². The number of nitrogens with zero attached hydrogens (tertiary/aromatic N) is 3. The third-order valence-electron chi connectivity index (χ3n) is 3.19. The maximum absolute atomic E-state index is 11.8. The molecule has 0 heterocycles. The lowest BCUT2D eigenvalue weighted by molar-refractivity contribution is -0.130. The predicted octanol–water partition coefficient (Wildman–Crippen LogP) is 1.76. The molecule has 0 aliphatic carbocycles. The smallest absolute Gasteiger partial charge is 0.222 e. The normalized spacial score (nSPS) is 11.6. The van der Waals surface area contributed by atoms with Crippen LogP contribution in [0.2, 0.25) is 0 Å². The summed E-state index contributed by atoms with van der Waals surface area (Å²) < 4.78 is 0. The minimum Gasteiger partial charge on any atom is -0.346 e. The molecule has 0 atom stereocenters. The van der Waals surface area contributed by atoms with Gasteiger partial charge in [-0.2, -0.15) is 0 Å². The van der Waals surface area contributed by atoms with Crippen LogP contribution in [0.4, 0.5) is 0 Å². The van der Waals surface area contributed by atoms with Gasteiger partial charge in [0.2, 0.25) is 5.91 Å². The summed E-state index contributed by atoms with van der Waals surface area (Å²) in [6.45, 7) is 8.36. The molecule has 114 valence electrons. The van der Waals surface area contributed by atoms with Crippen LogP contribution in [-0.2, 0) is 4.79 Å². The van der Waals surface area contributed by atoms with E-state index in [-0.39, 0.29) is 5.91 Å². The SMILES string of the molecule is CC(C)CC(=O)N(C)CCCN(C)CCCN(C)C. The van der Waals surface area contributed by atoms with E-state index in [1.807, 2.05) is 11.9 Å². The molecular formula is C15H33N3O. The molecule has 0 fully saturated rings. The highest BCUT2D eigenvalue weighted by atomic mass is 16.2. The summed E-state index contributed by atoms with van der Waals surface area (Å²) in [5, 5.41) is 0. The van der Waals surface area contributed by atoms with Crippen molar-refractivity contribution in [1.82, 2.24) is 14.7 Å². The number of rotatable bonds is 10. The van der Waals surface area contributed by atoms with Gasteiger partial charge >= 0.3 is 0 Å². The third kappa shape index (κ3) is 11.0. The van der Waals surface area contributed by atoms with Gasteiger partial charge in [-0.1, -0.05) is 13.8 Å². The fourth-order valence-electron chi connectivity index (χ4n) is 1.98. The van der Waals surface area contributed by atoms with E-state index in [0.29, 0.717) is 12.3 Å². The van der Waals surface area contributed by atoms with Crippen molar-refractivity contribution in [2.75, 3.05) is 54.4 Å². The highest BCUT2D eigenvalue weighted by Gasteiger charge is 2.10. The van der Waals surface area contributed by atoms with Crippen molar-refractivity contribution in [1.29, 1.82) is 0 Å². The van der Waals surface area contributed by atoms with Crippen LogP contribution in [0.5, 0.6) is 0 Å². The van der Waals surface area contributed by atoms with Gasteiger partial charge in [0.25, 0.3) is 0 Å². The number of amides is 1. The van der Waals surface area contributed by atoms with Gasteiger partial charge < -0.3 is 14.7 Å². The summed E-state index contributed by atoms with van der Waals surface area (Å²) >= 11 is 0. The molecule has 0 radical (unpaired) electrons. The molecule has 4 heteroatoms. The van der Waals surface area contributed by atoms with Gasteiger partial charge in [0, 0.05) is 20.0 Å². The first-order valence-electron chi connectivity index (χ1n) is 7.40. The summed E-state index contributed by atoms with van der Waals surface area (Å²) in [6.07, 6.45) is 2.92. The first-order valence-corrected chi connectivity index (χ1v) is 7.40. The summed E-state index contributed by atoms with van der Waals surface area (Å²) in [5.74, 6) is 0.717. The fraction of sp³-hybridized carbons (Fsp3) is 0.933. The van der Waals surface area contributed by atoms with Crippen LogP contribution in [0.25, 0.3) is 0 Å². The maximum atomic E-state index is 11.8. The van der Waals surface area contributed by atoms with Crippen LogP contribution in [0.15, 0.2) is 0 Å². The Morgan fingerprint density at radius 2 is 1.42 bits per heavy atom. The van der Waals surface area contributed by atoms with E-state index >= 15 is 0 Å². The Morgan fingerprint density at radius 1 is 0.895 bits per heavy atom. The second-order valence-corrected chi connectivity index (χ2v) is 6.23. The Bertz CT molecular complexity index is 242. The van der Waals surface area contributed by atoms with Crippen molar-refractivity contribution in [3.05, 3.63) is 0 Å². The molecular weight excluding hydrogens is 238 g/mol. The van der Waals surface area contributed by atoms with Crippen LogP contribution in [0, 0.1) is 5.92 Å². The number of hydrogen-bond donors (Lipinski definition) is 0. The standard InChI is InChI=1S/C15H33N3O/c1-14(2)13-15(19)18(6)12-8-11-17(5)10-7-9-16(3)4/h14H,7-13H2,1-6H3. The molecule has 0 aliphatic heterocycles. The average Bonchev–Trinajstić information content (AvgIpc) is 2.27. The summed E-state index contributed by atoms with van der Waals surface area (Å²) in [4.78, 5) is 18.2. The number of carbonyl (C=O) groups excluding carboxylic acids is 1. The van der Waals surface area contributed by atoms with E-state index in [1.165, 1.54) is 6.42 Å². The van der Waals surface area contributed by atoms with E-state index < -0.39 is 0 Å². The van der Waals surface area contributed by atoms with Crippen molar-refractivity contribution in [2.45, 2.75) is 33.1 Å². The fourth-order valence-corrected chi connectivity index (χ4v) is 1.98. The minimum atomic E-state index is 0.269. The first kappa shape index (κ1) is 18.4. The zero-order valence-electron chi connectivity index (χ0n) is 13.8. The van der Waals surface area contributed by atoms with E-state index in [2.05, 4.69) is 44.8 Å². The highest BCUT2D eigenvalue weighted by molar-refractivity contribution is 5.75. The zero-order valence-corrected chi connectivity index (χ0v) is 13.8. The van der Waals surface area contributed by atoms with Crippen LogP contribution < -0.4 is 0 Å². The van der Waals surface area contributed by atoms with Gasteiger partial charge in [0.1, 0.15) is 0 Å². The molecule has 0 saturated heterocycles. The zero-order chi connectivity index (χ0) is 14.8.